The molecule has 2 aromatic heterocycles. The van der Waals surface area contributed by atoms with Gasteiger partial charge in [-0.05, 0) is 67.6 Å². The van der Waals surface area contributed by atoms with Crippen LogP contribution in [0.15, 0.2) is 64.6 Å². The topological polar surface area (TPSA) is 101 Å². The monoisotopic (exact) mass is 495 g/mol. The predicted molar refractivity (Wildman–Crippen MR) is 134 cm³/mol. The maximum atomic E-state index is 13.6. The van der Waals surface area contributed by atoms with Gasteiger partial charge in [-0.1, -0.05) is 18.9 Å². The van der Waals surface area contributed by atoms with E-state index in [9.17, 15) is 14.4 Å². The van der Waals surface area contributed by atoms with Crippen LogP contribution in [0.25, 0.3) is 0 Å². The Labute approximate surface area is 208 Å². The van der Waals surface area contributed by atoms with Gasteiger partial charge in [0.2, 0.25) is 5.91 Å². The summed E-state index contributed by atoms with van der Waals surface area (Å²) in [5.74, 6) is -0.113. The Bertz CT molecular complexity index is 1110. The van der Waals surface area contributed by atoms with E-state index in [1.54, 1.807) is 53.9 Å². The molecule has 0 radical (unpaired) electrons. The molecular formula is C26H29N3O5S. The van der Waals surface area contributed by atoms with Gasteiger partial charge < -0.3 is 19.8 Å². The minimum absolute atomic E-state index is 0.0655. The zero-order chi connectivity index (χ0) is 24.6. The van der Waals surface area contributed by atoms with E-state index in [1.807, 2.05) is 6.92 Å². The average Bonchev–Trinajstić information content (AvgIpc) is 3.65. The first-order valence-electron chi connectivity index (χ1n) is 11.8. The van der Waals surface area contributed by atoms with Gasteiger partial charge in [-0.25, -0.2) is 0 Å². The van der Waals surface area contributed by atoms with Crippen LogP contribution < -0.4 is 20.3 Å². The number of nitrogens with one attached hydrogen (secondary N) is 2. The minimum atomic E-state index is -1.03. The maximum absolute atomic E-state index is 13.6. The summed E-state index contributed by atoms with van der Waals surface area (Å²) >= 11 is 1.29. The molecule has 2 N–H and O–H groups in total. The molecule has 9 heteroatoms. The second kappa shape index (κ2) is 11.7. The van der Waals surface area contributed by atoms with E-state index in [1.165, 1.54) is 22.5 Å². The molecule has 1 aliphatic rings. The fourth-order valence-electron chi connectivity index (χ4n) is 4.21. The Morgan fingerprint density at radius 1 is 1.11 bits per heavy atom. The lowest BCUT2D eigenvalue weighted by Gasteiger charge is -2.31. The van der Waals surface area contributed by atoms with Gasteiger partial charge in [0.25, 0.3) is 11.8 Å². The summed E-state index contributed by atoms with van der Waals surface area (Å²) in [5.41, 5.74) is 0.492. The number of anilines is 1. The molecule has 1 saturated carbocycles. The Morgan fingerprint density at radius 2 is 1.89 bits per heavy atom. The first kappa shape index (κ1) is 24.5. The lowest BCUT2D eigenvalue weighted by Crippen LogP contribution is -2.49. The molecule has 2 heterocycles. The van der Waals surface area contributed by atoms with E-state index in [2.05, 4.69) is 10.6 Å². The third-order valence-corrected chi connectivity index (χ3v) is 6.73. The van der Waals surface area contributed by atoms with Crippen LogP contribution in [0.2, 0.25) is 0 Å². The van der Waals surface area contributed by atoms with E-state index in [0.29, 0.717) is 28.7 Å². The van der Waals surface area contributed by atoms with Crippen molar-refractivity contribution in [2.75, 3.05) is 18.1 Å². The van der Waals surface area contributed by atoms with Gasteiger partial charge in [0, 0.05) is 11.7 Å². The van der Waals surface area contributed by atoms with Gasteiger partial charge in [-0.2, -0.15) is 0 Å². The van der Waals surface area contributed by atoms with Gasteiger partial charge in [-0.15, -0.1) is 11.3 Å². The van der Waals surface area contributed by atoms with Gasteiger partial charge in [0.1, 0.15) is 11.5 Å². The highest BCUT2D eigenvalue weighted by atomic mass is 32.1. The van der Waals surface area contributed by atoms with Gasteiger partial charge in [0.15, 0.2) is 6.04 Å². The van der Waals surface area contributed by atoms with E-state index in [-0.39, 0.29) is 24.4 Å². The van der Waals surface area contributed by atoms with Crippen LogP contribution in [-0.4, -0.2) is 36.9 Å². The van der Waals surface area contributed by atoms with E-state index in [4.69, 9.17) is 9.15 Å². The van der Waals surface area contributed by atoms with Crippen molar-refractivity contribution in [2.24, 2.45) is 0 Å². The molecule has 1 aromatic carbocycles. The zero-order valence-electron chi connectivity index (χ0n) is 19.6. The molecule has 8 nitrogen and oxygen atoms in total. The quantitative estimate of drug-likeness (QED) is 0.437. The number of hydrogen-bond acceptors (Lipinski definition) is 6. The molecule has 0 aliphatic heterocycles. The Morgan fingerprint density at radius 3 is 2.51 bits per heavy atom. The number of amides is 3. The summed E-state index contributed by atoms with van der Waals surface area (Å²) in [7, 11) is 0. The van der Waals surface area contributed by atoms with Crippen molar-refractivity contribution >= 4 is 34.7 Å². The molecule has 0 saturated heterocycles. The average molecular weight is 496 g/mol. The van der Waals surface area contributed by atoms with Crippen LogP contribution in [0.5, 0.6) is 5.75 Å². The molecular weight excluding hydrogens is 466 g/mol. The molecule has 3 aromatic rings. The lowest BCUT2D eigenvalue weighted by atomic mass is 10.1. The van der Waals surface area contributed by atoms with Crippen LogP contribution >= 0.6 is 11.3 Å². The molecule has 0 bridgehead atoms. The highest BCUT2D eigenvalue weighted by Gasteiger charge is 2.36. The summed E-state index contributed by atoms with van der Waals surface area (Å²) in [6, 6.07) is 12.8. The Balaban J connectivity index is 1.63. The number of hydrogen-bond donors (Lipinski definition) is 2. The first-order valence-corrected chi connectivity index (χ1v) is 12.6. The third-order valence-electron chi connectivity index (χ3n) is 5.86. The molecule has 4 rings (SSSR count). The number of thiophene rings is 1. The normalized spacial score (nSPS) is 14.3. The number of rotatable bonds is 10. The summed E-state index contributed by atoms with van der Waals surface area (Å²) < 4.78 is 11.1. The summed E-state index contributed by atoms with van der Waals surface area (Å²) in [6.45, 7) is 2.12. The molecule has 1 aliphatic carbocycles. The summed E-state index contributed by atoms with van der Waals surface area (Å²) in [4.78, 5) is 41.5. The van der Waals surface area contributed by atoms with Crippen molar-refractivity contribution in [1.29, 1.82) is 0 Å². The molecule has 1 atom stereocenters. The van der Waals surface area contributed by atoms with E-state index >= 15 is 0 Å². The highest BCUT2D eigenvalue weighted by molar-refractivity contribution is 7.12. The van der Waals surface area contributed by atoms with Crippen LogP contribution in [-0.2, 0) is 9.59 Å². The fourth-order valence-corrected chi connectivity index (χ4v) is 4.85. The highest BCUT2D eigenvalue weighted by Crippen LogP contribution is 2.31. The summed E-state index contributed by atoms with van der Waals surface area (Å²) in [6.07, 6.45) is 5.42. The molecule has 184 valence electrons. The minimum Gasteiger partial charge on any atom is -0.494 e. The molecule has 1 fully saturated rings. The van der Waals surface area contributed by atoms with Gasteiger partial charge in [-0.3, -0.25) is 19.3 Å². The SMILES string of the molecule is CCOc1ccc(N(C(=O)CNC(=O)c2cccs2)[C@@H](C(=O)NC2CCCC2)c2ccco2)cc1. The smallest absolute Gasteiger partial charge is 0.261 e. The number of benzene rings is 1. The largest absolute Gasteiger partial charge is 0.494 e. The van der Waals surface area contributed by atoms with Crippen molar-refractivity contribution in [1.82, 2.24) is 10.6 Å². The van der Waals surface area contributed by atoms with Gasteiger partial charge >= 0.3 is 0 Å². The van der Waals surface area contributed by atoms with Crippen LogP contribution in [0.1, 0.15) is 54.1 Å². The molecule has 0 unspecified atom stereocenters. The van der Waals surface area contributed by atoms with Crippen molar-refractivity contribution in [3.63, 3.8) is 0 Å². The first-order chi connectivity index (χ1) is 17.1. The molecule has 0 spiro atoms. The number of carbonyl (C=O) groups excluding carboxylic acids is 3. The van der Waals surface area contributed by atoms with Crippen molar-refractivity contribution in [3.05, 3.63) is 70.8 Å². The number of ether oxygens (including phenoxy) is 1. The van der Waals surface area contributed by atoms with Crippen molar-refractivity contribution in [2.45, 2.75) is 44.7 Å². The van der Waals surface area contributed by atoms with E-state index in [0.717, 1.165) is 25.7 Å². The van der Waals surface area contributed by atoms with Crippen LogP contribution in [0.3, 0.4) is 0 Å². The zero-order valence-corrected chi connectivity index (χ0v) is 20.4. The van der Waals surface area contributed by atoms with E-state index < -0.39 is 11.9 Å². The Kier molecular flexibility index (Phi) is 8.20. The maximum Gasteiger partial charge on any atom is 0.261 e. The summed E-state index contributed by atoms with van der Waals surface area (Å²) in [5, 5.41) is 7.56. The van der Waals surface area contributed by atoms with Crippen LogP contribution in [0, 0.1) is 0 Å². The van der Waals surface area contributed by atoms with Crippen molar-refractivity contribution < 1.29 is 23.5 Å². The van der Waals surface area contributed by atoms with Gasteiger partial charge in [0.05, 0.1) is 24.3 Å². The van der Waals surface area contributed by atoms with Crippen LogP contribution in [0.4, 0.5) is 5.69 Å². The molecule has 35 heavy (non-hydrogen) atoms. The second-order valence-corrected chi connectivity index (χ2v) is 9.21. The second-order valence-electron chi connectivity index (χ2n) is 8.26. The number of nitrogens with zero attached hydrogens (tertiary/aromatic N) is 1. The Hall–Kier alpha value is -3.59. The fraction of sp³-hybridized carbons (Fsp3) is 0.346. The standard InChI is InChI=1S/C26H29N3O5S/c1-2-33-20-13-11-19(12-14-20)29(23(30)17-27-25(31)22-10-6-16-35-22)24(21-9-5-15-34-21)26(32)28-18-7-3-4-8-18/h5-6,9-16,18,24H,2-4,7-8,17H2,1H3,(H,27,31)(H,28,32)/t24-/m1/s1. The van der Waals surface area contributed by atoms with Crippen molar-refractivity contribution in [3.8, 4) is 5.75 Å². The predicted octanol–water partition coefficient (Wildman–Crippen LogP) is 4.30. The lowest BCUT2D eigenvalue weighted by molar-refractivity contribution is -0.127. The molecule has 3 amide bonds. The number of furan rings is 1. The number of carbonyl (C=O) groups is 3. The third kappa shape index (κ3) is 6.10.